The van der Waals surface area contributed by atoms with Crippen LogP contribution < -0.4 is 10.0 Å². The van der Waals surface area contributed by atoms with E-state index in [0.717, 1.165) is 11.9 Å². The molecule has 0 bridgehead atoms. The highest BCUT2D eigenvalue weighted by molar-refractivity contribution is 7.92. The van der Waals surface area contributed by atoms with Gasteiger partial charge in [-0.15, -0.1) is 0 Å². The molecule has 0 aliphatic rings. The molecule has 0 aliphatic carbocycles. The molecule has 6 heteroatoms. The summed E-state index contributed by atoms with van der Waals surface area (Å²) in [6, 6.07) is 13.7. The van der Waals surface area contributed by atoms with E-state index in [1.807, 2.05) is 19.1 Å². The zero-order valence-corrected chi connectivity index (χ0v) is 13.3. The van der Waals surface area contributed by atoms with E-state index in [4.69, 9.17) is 0 Å². The Kier molecular flexibility index (Phi) is 5.03. The number of rotatable bonds is 6. The molecule has 118 valence electrons. The van der Waals surface area contributed by atoms with Crippen LogP contribution in [-0.4, -0.2) is 20.7 Å². The number of sulfonamides is 1. The number of hydrogen-bond acceptors (Lipinski definition) is 3. The molecule has 0 aromatic heterocycles. The van der Waals surface area contributed by atoms with Crippen molar-refractivity contribution in [2.45, 2.75) is 19.4 Å². The molecule has 22 heavy (non-hydrogen) atoms. The average molecular weight is 322 g/mol. The van der Waals surface area contributed by atoms with Crippen molar-refractivity contribution in [2.24, 2.45) is 0 Å². The average Bonchev–Trinajstić information content (AvgIpc) is 2.40. The van der Waals surface area contributed by atoms with E-state index in [0.29, 0.717) is 17.7 Å². The summed E-state index contributed by atoms with van der Waals surface area (Å²) in [7, 11) is -3.30. The van der Waals surface area contributed by atoms with Crippen molar-refractivity contribution in [3.8, 4) is 0 Å². The zero-order valence-electron chi connectivity index (χ0n) is 12.5. The standard InChI is InChI=1S/C16H19FN2O2S/c1-12(10-13-6-3-4-9-16(13)17)18-14-7-5-8-15(11-14)19-22(2,20)21/h3-9,11-12,18-19H,10H2,1-2H3/t12-/m1/s1. The Morgan fingerprint density at radius 2 is 1.77 bits per heavy atom. The minimum Gasteiger partial charge on any atom is -0.382 e. The highest BCUT2D eigenvalue weighted by atomic mass is 32.2. The monoisotopic (exact) mass is 322 g/mol. The van der Waals surface area contributed by atoms with Gasteiger partial charge in [0.2, 0.25) is 10.0 Å². The lowest BCUT2D eigenvalue weighted by Gasteiger charge is -2.16. The van der Waals surface area contributed by atoms with Crippen LogP contribution in [0, 0.1) is 5.82 Å². The van der Waals surface area contributed by atoms with Crippen molar-refractivity contribution >= 4 is 21.4 Å². The molecule has 0 aliphatic heterocycles. The lowest BCUT2D eigenvalue weighted by Crippen LogP contribution is -2.19. The normalized spacial score (nSPS) is 12.7. The van der Waals surface area contributed by atoms with Crippen molar-refractivity contribution in [1.29, 1.82) is 0 Å². The van der Waals surface area contributed by atoms with Gasteiger partial charge in [0.15, 0.2) is 0 Å². The first-order chi connectivity index (χ1) is 10.3. The summed E-state index contributed by atoms with van der Waals surface area (Å²) in [4.78, 5) is 0. The van der Waals surface area contributed by atoms with Gasteiger partial charge in [0.25, 0.3) is 0 Å². The van der Waals surface area contributed by atoms with Gasteiger partial charge in [0.05, 0.1) is 11.9 Å². The van der Waals surface area contributed by atoms with Gasteiger partial charge < -0.3 is 5.32 Å². The van der Waals surface area contributed by atoms with Crippen molar-refractivity contribution < 1.29 is 12.8 Å². The van der Waals surface area contributed by atoms with Crippen LogP contribution >= 0.6 is 0 Å². The summed E-state index contributed by atoms with van der Waals surface area (Å²) in [5.74, 6) is -0.219. The largest absolute Gasteiger partial charge is 0.382 e. The van der Waals surface area contributed by atoms with Crippen LogP contribution in [0.2, 0.25) is 0 Å². The van der Waals surface area contributed by atoms with Crippen LogP contribution in [0.4, 0.5) is 15.8 Å². The summed E-state index contributed by atoms with van der Waals surface area (Å²) in [5, 5.41) is 3.24. The highest BCUT2D eigenvalue weighted by Crippen LogP contribution is 2.18. The van der Waals surface area contributed by atoms with E-state index >= 15 is 0 Å². The number of nitrogens with one attached hydrogen (secondary N) is 2. The van der Waals surface area contributed by atoms with Gasteiger partial charge in [-0.25, -0.2) is 12.8 Å². The van der Waals surface area contributed by atoms with E-state index in [9.17, 15) is 12.8 Å². The molecule has 0 radical (unpaired) electrons. The first kappa shape index (κ1) is 16.3. The summed E-state index contributed by atoms with van der Waals surface area (Å²) in [6.07, 6.45) is 1.64. The fraction of sp³-hybridized carbons (Fsp3) is 0.250. The molecule has 0 spiro atoms. The molecule has 1 atom stereocenters. The molecule has 4 nitrogen and oxygen atoms in total. The number of hydrogen-bond donors (Lipinski definition) is 2. The summed E-state index contributed by atoms with van der Waals surface area (Å²) in [5.41, 5.74) is 1.91. The second-order valence-electron chi connectivity index (χ2n) is 5.30. The van der Waals surface area contributed by atoms with Crippen molar-refractivity contribution in [2.75, 3.05) is 16.3 Å². The summed E-state index contributed by atoms with van der Waals surface area (Å²) >= 11 is 0. The zero-order chi connectivity index (χ0) is 16.2. The van der Waals surface area contributed by atoms with E-state index in [1.165, 1.54) is 6.07 Å². The van der Waals surface area contributed by atoms with Gasteiger partial charge >= 0.3 is 0 Å². The van der Waals surface area contributed by atoms with Crippen molar-refractivity contribution in [3.05, 3.63) is 59.9 Å². The molecule has 2 aromatic carbocycles. The van der Waals surface area contributed by atoms with Gasteiger partial charge in [-0.3, -0.25) is 4.72 Å². The molecule has 2 aromatic rings. The Morgan fingerprint density at radius 1 is 1.09 bits per heavy atom. The van der Waals surface area contributed by atoms with Gasteiger partial charge in [-0.1, -0.05) is 24.3 Å². The Balaban J connectivity index is 2.04. The predicted molar refractivity (Wildman–Crippen MR) is 88.1 cm³/mol. The fourth-order valence-electron chi connectivity index (χ4n) is 2.22. The number of benzene rings is 2. The molecule has 0 heterocycles. The molecule has 0 unspecified atom stereocenters. The van der Waals surface area contributed by atoms with E-state index in [-0.39, 0.29) is 11.9 Å². The van der Waals surface area contributed by atoms with Gasteiger partial charge in [0, 0.05) is 11.7 Å². The highest BCUT2D eigenvalue weighted by Gasteiger charge is 2.08. The van der Waals surface area contributed by atoms with Crippen LogP contribution in [0.15, 0.2) is 48.5 Å². The Hall–Kier alpha value is -2.08. The second kappa shape index (κ2) is 6.79. The van der Waals surface area contributed by atoms with Gasteiger partial charge in [0.1, 0.15) is 5.82 Å². The Bertz CT molecular complexity index is 747. The second-order valence-corrected chi connectivity index (χ2v) is 7.04. The first-order valence-corrected chi connectivity index (χ1v) is 8.80. The summed E-state index contributed by atoms with van der Waals surface area (Å²) in [6.45, 7) is 1.95. The maximum atomic E-state index is 13.6. The molecule has 2 N–H and O–H groups in total. The fourth-order valence-corrected chi connectivity index (χ4v) is 2.77. The SMILES string of the molecule is C[C@H](Cc1ccccc1F)Nc1cccc(NS(C)(=O)=O)c1. The number of halogens is 1. The maximum absolute atomic E-state index is 13.6. The minimum atomic E-state index is -3.30. The smallest absolute Gasteiger partial charge is 0.229 e. The van der Waals surface area contributed by atoms with E-state index in [1.54, 1.807) is 30.3 Å². The van der Waals surface area contributed by atoms with E-state index in [2.05, 4.69) is 10.0 Å². The topological polar surface area (TPSA) is 58.2 Å². The van der Waals surface area contributed by atoms with Crippen LogP contribution in [0.25, 0.3) is 0 Å². The van der Waals surface area contributed by atoms with Gasteiger partial charge in [-0.2, -0.15) is 0 Å². The molecule has 0 amide bonds. The molecular weight excluding hydrogens is 303 g/mol. The Labute approximate surface area is 130 Å². The molecule has 0 saturated heterocycles. The lowest BCUT2D eigenvalue weighted by atomic mass is 10.1. The van der Waals surface area contributed by atoms with Crippen molar-refractivity contribution in [3.63, 3.8) is 0 Å². The summed E-state index contributed by atoms with van der Waals surface area (Å²) < 4.78 is 38.5. The van der Waals surface area contributed by atoms with Crippen LogP contribution in [0.1, 0.15) is 12.5 Å². The lowest BCUT2D eigenvalue weighted by molar-refractivity contribution is 0.601. The Morgan fingerprint density at radius 3 is 2.45 bits per heavy atom. The maximum Gasteiger partial charge on any atom is 0.229 e. The third kappa shape index (κ3) is 5.04. The van der Waals surface area contributed by atoms with Crippen LogP contribution in [0.3, 0.4) is 0 Å². The third-order valence-corrected chi connectivity index (χ3v) is 3.67. The van der Waals surface area contributed by atoms with Crippen LogP contribution in [0.5, 0.6) is 0 Å². The first-order valence-electron chi connectivity index (χ1n) is 6.91. The quantitative estimate of drug-likeness (QED) is 0.858. The van der Waals surface area contributed by atoms with Crippen LogP contribution in [-0.2, 0) is 16.4 Å². The van der Waals surface area contributed by atoms with Gasteiger partial charge in [-0.05, 0) is 43.2 Å². The predicted octanol–water partition coefficient (Wildman–Crippen LogP) is 3.24. The molecular formula is C16H19FN2O2S. The third-order valence-electron chi connectivity index (χ3n) is 3.06. The van der Waals surface area contributed by atoms with E-state index < -0.39 is 10.0 Å². The molecule has 0 saturated carbocycles. The van der Waals surface area contributed by atoms with Crippen molar-refractivity contribution in [1.82, 2.24) is 0 Å². The number of anilines is 2. The minimum absolute atomic E-state index is 0.00498. The molecule has 2 rings (SSSR count). The molecule has 0 fully saturated rings.